The molecule has 6 nitrogen and oxygen atoms in total. The Labute approximate surface area is 146 Å². The molecule has 0 amide bonds. The molecule has 6 rings (SSSR count). The molecule has 6 heteroatoms. The van der Waals surface area contributed by atoms with E-state index in [4.69, 9.17) is 9.47 Å². The highest BCUT2D eigenvalue weighted by atomic mass is 16.7. The van der Waals surface area contributed by atoms with Crippen LogP contribution in [-0.4, -0.2) is 28.3 Å². The lowest BCUT2D eigenvalue weighted by molar-refractivity contribution is 0.0979. The summed E-state index contributed by atoms with van der Waals surface area (Å²) in [6.07, 6.45) is 1.48. The molecule has 26 heavy (non-hydrogen) atoms. The van der Waals surface area contributed by atoms with Crippen molar-refractivity contribution in [2.45, 2.75) is 0 Å². The van der Waals surface area contributed by atoms with E-state index in [1.54, 1.807) is 12.1 Å². The van der Waals surface area contributed by atoms with Gasteiger partial charge >= 0.3 is 0 Å². The van der Waals surface area contributed by atoms with E-state index in [0.29, 0.717) is 44.8 Å². The van der Waals surface area contributed by atoms with Gasteiger partial charge in [-0.2, -0.15) is 0 Å². The predicted octanol–water partition coefficient (Wildman–Crippen LogP) is 3.22. The van der Waals surface area contributed by atoms with Gasteiger partial charge in [0.15, 0.2) is 17.3 Å². The quantitative estimate of drug-likeness (QED) is 0.467. The van der Waals surface area contributed by atoms with E-state index >= 15 is 0 Å². The number of ketones is 2. The monoisotopic (exact) mass is 342 g/mol. The SMILES string of the molecule is O=C1c2[nH]c3ccccc3c2C(=O)c2cnc3cc4c(cc3c21)OCO4. The summed E-state index contributed by atoms with van der Waals surface area (Å²) in [7, 11) is 0. The molecule has 0 radical (unpaired) electrons. The number of rotatable bonds is 0. The number of aromatic nitrogens is 2. The largest absolute Gasteiger partial charge is 0.454 e. The Morgan fingerprint density at radius 2 is 1.73 bits per heavy atom. The lowest BCUT2D eigenvalue weighted by Crippen LogP contribution is -2.21. The topological polar surface area (TPSA) is 81.3 Å². The Bertz CT molecular complexity index is 1300. The first kappa shape index (κ1) is 13.6. The second-order valence-electron chi connectivity index (χ2n) is 6.35. The third-order valence-corrected chi connectivity index (χ3v) is 4.99. The maximum absolute atomic E-state index is 13.3. The van der Waals surface area contributed by atoms with Crippen LogP contribution >= 0.6 is 0 Å². The first-order chi connectivity index (χ1) is 12.7. The van der Waals surface area contributed by atoms with Crippen LogP contribution in [0.2, 0.25) is 0 Å². The molecule has 0 bridgehead atoms. The second kappa shape index (κ2) is 4.49. The maximum Gasteiger partial charge on any atom is 0.231 e. The zero-order valence-electron chi connectivity index (χ0n) is 13.3. The summed E-state index contributed by atoms with van der Waals surface area (Å²) in [4.78, 5) is 33.9. The first-order valence-electron chi connectivity index (χ1n) is 8.15. The van der Waals surface area contributed by atoms with Gasteiger partial charge in [-0.15, -0.1) is 0 Å². The van der Waals surface area contributed by atoms with Crippen LogP contribution in [0.15, 0.2) is 42.6 Å². The second-order valence-corrected chi connectivity index (χ2v) is 6.35. The number of ether oxygens (including phenoxy) is 2. The van der Waals surface area contributed by atoms with E-state index in [-0.39, 0.29) is 18.4 Å². The van der Waals surface area contributed by atoms with Gasteiger partial charge in [-0.05, 0) is 12.1 Å². The van der Waals surface area contributed by atoms with Crippen molar-refractivity contribution in [1.29, 1.82) is 0 Å². The number of carbonyl (C=O) groups excluding carboxylic acids is 2. The van der Waals surface area contributed by atoms with Gasteiger partial charge in [0, 0.05) is 34.1 Å². The minimum Gasteiger partial charge on any atom is -0.454 e. The van der Waals surface area contributed by atoms with E-state index in [2.05, 4.69) is 9.97 Å². The summed E-state index contributed by atoms with van der Waals surface area (Å²) in [5, 5.41) is 1.34. The standard InChI is InChI=1S/C20H10N2O4/c23-19-11-7-21-13-6-15-14(25-8-26-15)5-10(13)16(11)20(24)18-17(19)9-3-1-2-4-12(9)22-18/h1-7,22H,8H2. The average Bonchev–Trinajstić information content (AvgIpc) is 3.27. The Morgan fingerprint density at radius 3 is 2.62 bits per heavy atom. The maximum atomic E-state index is 13.3. The highest BCUT2D eigenvalue weighted by Crippen LogP contribution is 2.40. The summed E-state index contributed by atoms with van der Waals surface area (Å²) in [6, 6.07) is 10.9. The summed E-state index contributed by atoms with van der Waals surface area (Å²) in [6.45, 7) is 0.132. The number of benzene rings is 2. The molecule has 1 aliphatic carbocycles. The molecule has 2 aliphatic rings. The fraction of sp³-hybridized carbons (Fsp3) is 0.0500. The molecule has 2 aromatic carbocycles. The fourth-order valence-electron chi connectivity index (χ4n) is 3.81. The van der Waals surface area contributed by atoms with Crippen LogP contribution in [0.4, 0.5) is 0 Å². The number of para-hydroxylation sites is 1. The predicted molar refractivity (Wildman–Crippen MR) is 93.0 cm³/mol. The first-order valence-corrected chi connectivity index (χ1v) is 8.15. The van der Waals surface area contributed by atoms with Crippen molar-refractivity contribution in [3.8, 4) is 11.5 Å². The number of carbonyl (C=O) groups is 2. The van der Waals surface area contributed by atoms with Crippen LogP contribution in [-0.2, 0) is 0 Å². The van der Waals surface area contributed by atoms with Crippen molar-refractivity contribution in [2.75, 3.05) is 6.79 Å². The molecule has 0 saturated carbocycles. The van der Waals surface area contributed by atoms with Crippen LogP contribution in [0.25, 0.3) is 21.8 Å². The molecule has 0 unspecified atom stereocenters. The molecule has 3 heterocycles. The number of pyridine rings is 1. The lowest BCUT2D eigenvalue weighted by Gasteiger charge is -2.16. The molecule has 4 aromatic rings. The third-order valence-electron chi connectivity index (χ3n) is 4.99. The van der Waals surface area contributed by atoms with Crippen LogP contribution in [0.1, 0.15) is 32.0 Å². The normalized spacial score (nSPS) is 14.8. The van der Waals surface area contributed by atoms with E-state index < -0.39 is 0 Å². The van der Waals surface area contributed by atoms with E-state index in [1.807, 2.05) is 24.3 Å². The summed E-state index contributed by atoms with van der Waals surface area (Å²) in [5.74, 6) is 0.734. The molecule has 1 N–H and O–H groups in total. The van der Waals surface area contributed by atoms with Crippen LogP contribution in [0.5, 0.6) is 11.5 Å². The summed E-state index contributed by atoms with van der Waals surface area (Å²) < 4.78 is 10.8. The zero-order valence-corrected chi connectivity index (χ0v) is 13.3. The van der Waals surface area contributed by atoms with Crippen molar-refractivity contribution >= 4 is 33.4 Å². The number of H-pyrrole nitrogens is 1. The molecule has 2 aromatic heterocycles. The van der Waals surface area contributed by atoms with E-state index in [0.717, 1.165) is 10.9 Å². The molecule has 124 valence electrons. The zero-order chi connectivity index (χ0) is 17.4. The van der Waals surface area contributed by atoms with Crippen LogP contribution in [0.3, 0.4) is 0 Å². The fourth-order valence-corrected chi connectivity index (χ4v) is 3.81. The number of fused-ring (bicyclic) bond motifs is 7. The highest BCUT2D eigenvalue weighted by molar-refractivity contribution is 6.34. The minimum atomic E-state index is -0.211. The van der Waals surface area contributed by atoms with E-state index in [1.165, 1.54) is 6.20 Å². The van der Waals surface area contributed by atoms with Crippen molar-refractivity contribution in [1.82, 2.24) is 9.97 Å². The van der Waals surface area contributed by atoms with Gasteiger partial charge in [-0.3, -0.25) is 14.6 Å². The van der Waals surface area contributed by atoms with Crippen molar-refractivity contribution < 1.29 is 19.1 Å². The van der Waals surface area contributed by atoms with E-state index in [9.17, 15) is 9.59 Å². The summed E-state index contributed by atoms with van der Waals surface area (Å²) in [5.41, 5.74) is 2.78. The molecular formula is C20H10N2O4. The van der Waals surface area contributed by atoms with Gasteiger partial charge in [0.1, 0.15) is 0 Å². The Balaban J connectivity index is 1.71. The minimum absolute atomic E-state index is 0.132. The Hall–Kier alpha value is -3.67. The van der Waals surface area contributed by atoms with Gasteiger partial charge < -0.3 is 14.5 Å². The number of nitrogens with zero attached hydrogens (tertiary/aromatic N) is 1. The van der Waals surface area contributed by atoms with Crippen LogP contribution < -0.4 is 9.47 Å². The molecule has 0 fully saturated rings. The molecule has 1 aliphatic heterocycles. The van der Waals surface area contributed by atoms with Gasteiger partial charge in [0.25, 0.3) is 0 Å². The highest BCUT2D eigenvalue weighted by Gasteiger charge is 2.35. The molecule has 0 atom stereocenters. The summed E-state index contributed by atoms with van der Waals surface area (Å²) >= 11 is 0. The Kier molecular flexibility index (Phi) is 2.35. The number of aromatic amines is 1. The number of hydrogen-bond acceptors (Lipinski definition) is 5. The van der Waals surface area contributed by atoms with Crippen molar-refractivity contribution in [2.24, 2.45) is 0 Å². The van der Waals surface area contributed by atoms with Crippen molar-refractivity contribution in [3.05, 3.63) is 65.0 Å². The van der Waals surface area contributed by atoms with Crippen molar-refractivity contribution in [3.63, 3.8) is 0 Å². The average molecular weight is 342 g/mol. The third kappa shape index (κ3) is 1.54. The van der Waals surface area contributed by atoms with Gasteiger partial charge in [0.05, 0.1) is 22.3 Å². The van der Waals surface area contributed by atoms with Gasteiger partial charge in [0.2, 0.25) is 12.6 Å². The number of nitrogens with one attached hydrogen (secondary N) is 1. The van der Waals surface area contributed by atoms with Crippen LogP contribution in [0, 0.1) is 0 Å². The number of hydrogen-bond donors (Lipinski definition) is 1. The smallest absolute Gasteiger partial charge is 0.231 e. The lowest BCUT2D eigenvalue weighted by atomic mass is 9.86. The Morgan fingerprint density at radius 1 is 0.923 bits per heavy atom. The van der Waals surface area contributed by atoms with Gasteiger partial charge in [-0.25, -0.2) is 0 Å². The molecular weight excluding hydrogens is 332 g/mol. The molecule has 0 spiro atoms. The van der Waals surface area contributed by atoms with Gasteiger partial charge in [-0.1, -0.05) is 18.2 Å². The molecule has 0 saturated heterocycles.